The number of hydrogen-bond donors (Lipinski definition) is 1. The molecule has 0 aliphatic rings. The van der Waals surface area contributed by atoms with Crippen LogP contribution in [-0.4, -0.2) is 51.3 Å². The number of sulfonamides is 1. The maximum Gasteiger partial charge on any atom is 0.255 e. The van der Waals surface area contributed by atoms with Crippen LogP contribution in [0.2, 0.25) is 0 Å². The number of anilines is 1. The second-order valence-corrected chi connectivity index (χ2v) is 12.7. The molecule has 12 heteroatoms. The molecule has 232 valence electrons. The van der Waals surface area contributed by atoms with Gasteiger partial charge in [0.2, 0.25) is 10.0 Å². The molecule has 0 saturated heterocycles. The molecule has 3 aromatic heterocycles. The quantitative estimate of drug-likeness (QED) is 0.224. The number of halogens is 1. The molecule has 10 nitrogen and oxygen atoms in total. The minimum atomic E-state index is -3.76. The summed E-state index contributed by atoms with van der Waals surface area (Å²) in [4.78, 5) is 18.2. The Morgan fingerprint density at radius 3 is 2.48 bits per heavy atom. The Kier molecular flexibility index (Phi) is 7.50. The zero-order valence-corrected chi connectivity index (χ0v) is 26.4. The van der Waals surface area contributed by atoms with Crippen LogP contribution in [0, 0.1) is 17.1 Å². The van der Waals surface area contributed by atoms with Crippen LogP contribution in [0.1, 0.15) is 15.9 Å². The molecule has 6 rings (SSSR count). The Balaban J connectivity index is 1.66. The molecule has 0 fully saturated rings. The predicted molar refractivity (Wildman–Crippen MR) is 175 cm³/mol. The van der Waals surface area contributed by atoms with Crippen molar-refractivity contribution in [2.45, 2.75) is 0 Å². The lowest BCUT2D eigenvalue weighted by Gasteiger charge is -2.21. The highest BCUT2D eigenvalue weighted by Crippen LogP contribution is 2.42. The lowest BCUT2D eigenvalue weighted by atomic mass is 10.0. The molecule has 0 saturated carbocycles. The van der Waals surface area contributed by atoms with Gasteiger partial charge in [-0.05, 0) is 60.7 Å². The molecule has 0 spiro atoms. The van der Waals surface area contributed by atoms with Crippen LogP contribution in [0.3, 0.4) is 0 Å². The summed E-state index contributed by atoms with van der Waals surface area (Å²) in [6.07, 6.45) is 1.08. The first-order valence-corrected chi connectivity index (χ1v) is 15.9. The van der Waals surface area contributed by atoms with E-state index in [1.165, 1.54) is 45.5 Å². The molecular weight excluding hydrogens is 609 g/mol. The molecule has 3 heterocycles. The number of pyridine rings is 1. The molecular formula is C34H28FN5O5S. The predicted octanol–water partition coefficient (Wildman–Crippen LogP) is 6.10. The van der Waals surface area contributed by atoms with Crippen LogP contribution in [0.5, 0.6) is 5.75 Å². The van der Waals surface area contributed by atoms with Gasteiger partial charge in [0.1, 0.15) is 28.6 Å². The first-order valence-electron chi connectivity index (χ1n) is 14.0. The van der Waals surface area contributed by atoms with E-state index in [4.69, 9.17) is 14.1 Å². The average Bonchev–Trinajstić information content (AvgIpc) is 3.60. The maximum absolute atomic E-state index is 13.8. The summed E-state index contributed by atoms with van der Waals surface area (Å²) in [6.45, 7) is 0. The number of nitriles is 1. The summed E-state index contributed by atoms with van der Waals surface area (Å²) in [6, 6.07) is 21.7. The van der Waals surface area contributed by atoms with E-state index in [0.717, 1.165) is 21.5 Å². The van der Waals surface area contributed by atoms with Crippen LogP contribution >= 0.6 is 0 Å². The van der Waals surface area contributed by atoms with Gasteiger partial charge in [0.25, 0.3) is 5.91 Å². The molecule has 46 heavy (non-hydrogen) atoms. The zero-order valence-electron chi connectivity index (χ0n) is 25.5. The van der Waals surface area contributed by atoms with E-state index in [2.05, 4.69) is 11.4 Å². The number of hydrogen-bond acceptors (Lipinski definition) is 7. The van der Waals surface area contributed by atoms with Gasteiger partial charge in [-0.1, -0.05) is 6.07 Å². The lowest BCUT2D eigenvalue weighted by Crippen LogP contribution is -2.25. The van der Waals surface area contributed by atoms with Gasteiger partial charge in [-0.15, -0.1) is 0 Å². The highest BCUT2D eigenvalue weighted by atomic mass is 32.2. The summed E-state index contributed by atoms with van der Waals surface area (Å²) in [7, 11) is 2.53. The fourth-order valence-electron chi connectivity index (χ4n) is 5.56. The van der Waals surface area contributed by atoms with Gasteiger partial charge in [-0.3, -0.25) is 9.10 Å². The van der Waals surface area contributed by atoms with Gasteiger partial charge >= 0.3 is 0 Å². The van der Waals surface area contributed by atoms with Crippen LogP contribution < -0.4 is 14.4 Å². The number of ether oxygens (including phenoxy) is 1. The number of nitrogens with one attached hydrogen (secondary N) is 1. The average molecular weight is 638 g/mol. The number of methoxy groups -OCH3 is 1. The second kappa shape index (κ2) is 11.4. The number of carbonyl (C=O) groups excluding carboxylic acids is 1. The minimum absolute atomic E-state index is 0.199. The van der Waals surface area contributed by atoms with Crippen LogP contribution in [0.25, 0.3) is 55.8 Å². The smallest absolute Gasteiger partial charge is 0.255 e. The Morgan fingerprint density at radius 1 is 1.09 bits per heavy atom. The van der Waals surface area contributed by atoms with Crippen molar-refractivity contribution in [3.8, 4) is 45.8 Å². The number of aryl methyl sites for hydroxylation is 1. The SMILES string of the molecule is CNC(=O)c1c(-c2ccc(F)cc2)oc2cc(N(C)S(C)(=O)=O)c(-c3ccc(OC)c(-c4cc5c(C#N)cccc5n4C)n3)cc12. The monoisotopic (exact) mass is 637 g/mol. The van der Waals surface area contributed by atoms with Gasteiger partial charge in [-0.25, -0.2) is 17.8 Å². The third-order valence-corrected chi connectivity index (χ3v) is 9.20. The van der Waals surface area contributed by atoms with Gasteiger partial charge in [0.05, 0.1) is 47.6 Å². The van der Waals surface area contributed by atoms with Crippen molar-refractivity contribution in [3.63, 3.8) is 0 Å². The Morgan fingerprint density at radius 2 is 1.83 bits per heavy atom. The summed E-state index contributed by atoms with van der Waals surface area (Å²) in [5.41, 5.74) is 4.42. The molecule has 0 radical (unpaired) electrons. The zero-order chi connectivity index (χ0) is 32.9. The first kappa shape index (κ1) is 30.4. The van der Waals surface area contributed by atoms with Crippen molar-refractivity contribution in [2.24, 2.45) is 7.05 Å². The van der Waals surface area contributed by atoms with Gasteiger partial charge in [-0.2, -0.15) is 5.26 Å². The van der Waals surface area contributed by atoms with E-state index >= 15 is 0 Å². The van der Waals surface area contributed by atoms with Crippen LogP contribution in [0.4, 0.5) is 10.1 Å². The number of rotatable bonds is 7. The van der Waals surface area contributed by atoms with E-state index in [1.807, 2.05) is 29.8 Å². The topological polar surface area (TPSA) is 130 Å². The fourth-order valence-corrected chi connectivity index (χ4v) is 6.07. The molecule has 6 aromatic rings. The van der Waals surface area contributed by atoms with Crippen molar-refractivity contribution in [2.75, 3.05) is 31.8 Å². The summed E-state index contributed by atoms with van der Waals surface area (Å²) >= 11 is 0. The number of aromatic nitrogens is 2. The van der Waals surface area contributed by atoms with E-state index in [0.29, 0.717) is 44.9 Å². The summed E-state index contributed by atoms with van der Waals surface area (Å²) in [5, 5.41) is 13.5. The lowest BCUT2D eigenvalue weighted by molar-refractivity contribution is 0.0964. The second-order valence-electron chi connectivity index (χ2n) is 10.7. The third kappa shape index (κ3) is 5.00. The molecule has 0 bridgehead atoms. The molecule has 3 aromatic carbocycles. The standard InChI is InChI=1S/C34H28FN5O5S/c1-37-34(41)31-24-15-23(27(40(3)46(5,42)43)17-30(24)45-33(31)19-9-11-21(35)12-10-19)25-13-14-29(44-4)32(38-25)28-16-22-20(18-36)7-6-8-26(22)39(28)2/h6-17H,1-5H3,(H,37,41). The summed E-state index contributed by atoms with van der Waals surface area (Å²) in [5.74, 6) is -0.232. The van der Waals surface area contributed by atoms with Crippen LogP contribution in [-0.2, 0) is 17.1 Å². The Labute approximate surface area is 264 Å². The van der Waals surface area contributed by atoms with Gasteiger partial charge in [0, 0.05) is 54.6 Å². The number of benzene rings is 3. The molecule has 0 unspecified atom stereocenters. The van der Waals surface area contributed by atoms with Crippen molar-refractivity contribution >= 4 is 43.5 Å². The summed E-state index contributed by atoms with van der Waals surface area (Å²) < 4.78 is 54.3. The van der Waals surface area contributed by atoms with Crippen molar-refractivity contribution in [3.05, 3.63) is 89.7 Å². The third-order valence-electron chi connectivity index (χ3n) is 8.01. The van der Waals surface area contributed by atoms with Gasteiger partial charge in [0.15, 0.2) is 0 Å². The highest BCUT2D eigenvalue weighted by Gasteiger charge is 2.27. The Hall–Kier alpha value is -5.67. The molecule has 1 N–H and O–H groups in total. The van der Waals surface area contributed by atoms with Crippen molar-refractivity contribution < 1.29 is 26.8 Å². The first-order chi connectivity index (χ1) is 22.0. The minimum Gasteiger partial charge on any atom is -0.494 e. The number of nitrogens with zero attached hydrogens (tertiary/aromatic N) is 4. The van der Waals surface area contributed by atoms with Crippen LogP contribution in [0.15, 0.2) is 77.2 Å². The van der Waals surface area contributed by atoms with Crippen molar-refractivity contribution in [1.82, 2.24) is 14.9 Å². The number of amides is 1. The molecule has 0 aliphatic carbocycles. The number of fused-ring (bicyclic) bond motifs is 2. The molecule has 1 amide bonds. The molecule has 0 aliphatic heterocycles. The largest absolute Gasteiger partial charge is 0.494 e. The van der Waals surface area contributed by atoms with E-state index < -0.39 is 21.7 Å². The van der Waals surface area contributed by atoms with E-state index in [-0.39, 0.29) is 22.6 Å². The normalized spacial score (nSPS) is 11.5. The van der Waals surface area contributed by atoms with E-state index in [1.54, 1.807) is 30.3 Å². The maximum atomic E-state index is 13.8. The molecule has 0 atom stereocenters. The van der Waals surface area contributed by atoms with E-state index in [9.17, 15) is 22.9 Å². The Bertz CT molecular complexity index is 2340. The highest BCUT2D eigenvalue weighted by molar-refractivity contribution is 7.92. The number of furan rings is 1. The number of carbonyl (C=O) groups is 1. The van der Waals surface area contributed by atoms with Gasteiger partial charge < -0.3 is 19.0 Å². The van der Waals surface area contributed by atoms with Crippen molar-refractivity contribution in [1.29, 1.82) is 5.26 Å². The fraction of sp³-hybridized carbons (Fsp3) is 0.147.